The summed E-state index contributed by atoms with van der Waals surface area (Å²) in [6.45, 7) is 4.31. The molecule has 1 aromatic heterocycles. The summed E-state index contributed by atoms with van der Waals surface area (Å²) in [5.41, 5.74) is 1.76. The predicted octanol–water partition coefficient (Wildman–Crippen LogP) is 2.11. The van der Waals surface area contributed by atoms with Gasteiger partial charge in [0, 0.05) is 26.7 Å². The molecule has 2 atom stereocenters. The number of nitrogens with zero attached hydrogens (tertiary/aromatic N) is 2. The topological polar surface area (TPSA) is 57.3 Å². The Balaban J connectivity index is 1.92. The first kappa shape index (κ1) is 15.8. The average Bonchev–Trinajstić information content (AvgIpc) is 2.48. The smallest absolute Gasteiger partial charge is 0.224 e. The van der Waals surface area contributed by atoms with Crippen LogP contribution in [0.15, 0.2) is 18.5 Å². The molecule has 2 heterocycles. The fraction of sp³-hybridized carbons (Fsp3) is 0.625. The number of pyridine rings is 1. The SMILES string of the molecule is CC(CC(=O)Nc1cnccc1N(C)C)C1CCCNC1. The standard InChI is InChI=1S/C16H26N4O/c1-12(13-5-4-7-17-10-13)9-16(21)19-14-11-18-8-6-15(14)20(2)3/h6,8,11-13,17H,4-5,7,9-10H2,1-3H3,(H,19,21). The maximum absolute atomic E-state index is 12.3. The number of aromatic nitrogens is 1. The third-order valence-electron chi connectivity index (χ3n) is 4.20. The summed E-state index contributed by atoms with van der Waals surface area (Å²) in [4.78, 5) is 18.3. The molecule has 2 N–H and O–H groups in total. The van der Waals surface area contributed by atoms with Crippen LogP contribution in [0.3, 0.4) is 0 Å². The maximum Gasteiger partial charge on any atom is 0.224 e. The number of carbonyl (C=O) groups excluding carboxylic acids is 1. The third-order valence-corrected chi connectivity index (χ3v) is 4.20. The van der Waals surface area contributed by atoms with Gasteiger partial charge in [0.25, 0.3) is 0 Å². The first-order valence-electron chi connectivity index (χ1n) is 7.70. The Labute approximate surface area is 127 Å². The molecule has 0 spiro atoms. The summed E-state index contributed by atoms with van der Waals surface area (Å²) in [6.07, 6.45) is 6.44. The Morgan fingerprint density at radius 1 is 1.57 bits per heavy atom. The van der Waals surface area contributed by atoms with E-state index in [0.717, 1.165) is 24.5 Å². The van der Waals surface area contributed by atoms with Gasteiger partial charge in [0.05, 0.1) is 17.6 Å². The molecule has 0 aliphatic carbocycles. The van der Waals surface area contributed by atoms with E-state index < -0.39 is 0 Å². The van der Waals surface area contributed by atoms with Crippen molar-refractivity contribution >= 4 is 17.3 Å². The van der Waals surface area contributed by atoms with Crippen molar-refractivity contribution in [2.24, 2.45) is 11.8 Å². The van der Waals surface area contributed by atoms with Crippen LogP contribution in [0.4, 0.5) is 11.4 Å². The molecule has 0 saturated carbocycles. The van der Waals surface area contributed by atoms with Gasteiger partial charge in [-0.15, -0.1) is 0 Å². The van der Waals surface area contributed by atoms with Gasteiger partial charge >= 0.3 is 0 Å². The minimum Gasteiger partial charge on any atom is -0.376 e. The number of hydrogen-bond donors (Lipinski definition) is 2. The molecule has 0 bridgehead atoms. The maximum atomic E-state index is 12.3. The van der Waals surface area contributed by atoms with Crippen molar-refractivity contribution in [1.29, 1.82) is 0 Å². The molecule has 1 aliphatic heterocycles. The zero-order valence-corrected chi connectivity index (χ0v) is 13.2. The number of hydrogen-bond acceptors (Lipinski definition) is 4. The Kier molecular flexibility index (Phi) is 5.56. The van der Waals surface area contributed by atoms with Gasteiger partial charge in [-0.1, -0.05) is 6.92 Å². The van der Waals surface area contributed by atoms with Crippen LogP contribution < -0.4 is 15.5 Å². The van der Waals surface area contributed by atoms with Gasteiger partial charge in [-0.25, -0.2) is 0 Å². The third kappa shape index (κ3) is 4.43. The summed E-state index contributed by atoms with van der Waals surface area (Å²) in [5.74, 6) is 1.08. The average molecular weight is 290 g/mol. The highest BCUT2D eigenvalue weighted by molar-refractivity contribution is 5.94. The van der Waals surface area contributed by atoms with Crippen LogP contribution in [0.2, 0.25) is 0 Å². The van der Waals surface area contributed by atoms with Crippen molar-refractivity contribution in [3.8, 4) is 0 Å². The molecule has 1 amide bonds. The minimum absolute atomic E-state index is 0.0733. The highest BCUT2D eigenvalue weighted by Crippen LogP contribution is 2.25. The van der Waals surface area contributed by atoms with E-state index in [2.05, 4.69) is 22.5 Å². The van der Waals surface area contributed by atoms with E-state index >= 15 is 0 Å². The Morgan fingerprint density at radius 2 is 2.38 bits per heavy atom. The molecular formula is C16H26N4O. The molecule has 1 aliphatic rings. The van der Waals surface area contributed by atoms with Gasteiger partial charge in [0.1, 0.15) is 0 Å². The van der Waals surface area contributed by atoms with Crippen LogP contribution in [-0.2, 0) is 4.79 Å². The van der Waals surface area contributed by atoms with Gasteiger partial charge in [0.2, 0.25) is 5.91 Å². The van der Waals surface area contributed by atoms with Crippen LogP contribution in [0.5, 0.6) is 0 Å². The van der Waals surface area contributed by atoms with Crippen molar-refractivity contribution in [2.45, 2.75) is 26.2 Å². The largest absolute Gasteiger partial charge is 0.376 e. The van der Waals surface area contributed by atoms with Crippen LogP contribution >= 0.6 is 0 Å². The van der Waals surface area contributed by atoms with Crippen LogP contribution in [0.25, 0.3) is 0 Å². The van der Waals surface area contributed by atoms with Crippen molar-refractivity contribution in [1.82, 2.24) is 10.3 Å². The minimum atomic E-state index is 0.0733. The normalized spacial score (nSPS) is 19.9. The number of nitrogens with one attached hydrogen (secondary N) is 2. The van der Waals surface area contributed by atoms with E-state index in [-0.39, 0.29) is 5.91 Å². The van der Waals surface area contributed by atoms with E-state index in [1.807, 2.05) is 25.1 Å². The fourth-order valence-corrected chi connectivity index (χ4v) is 2.90. The quantitative estimate of drug-likeness (QED) is 0.872. The lowest BCUT2D eigenvalue weighted by Gasteiger charge is -2.28. The fourth-order valence-electron chi connectivity index (χ4n) is 2.90. The Hall–Kier alpha value is -1.62. The Morgan fingerprint density at radius 3 is 3.05 bits per heavy atom. The summed E-state index contributed by atoms with van der Waals surface area (Å²) >= 11 is 0. The highest BCUT2D eigenvalue weighted by Gasteiger charge is 2.22. The zero-order valence-electron chi connectivity index (χ0n) is 13.2. The lowest BCUT2D eigenvalue weighted by atomic mass is 9.85. The van der Waals surface area contributed by atoms with Crippen molar-refractivity contribution < 1.29 is 4.79 Å². The molecule has 2 rings (SSSR count). The van der Waals surface area contributed by atoms with Crippen molar-refractivity contribution in [3.63, 3.8) is 0 Å². The number of piperidine rings is 1. The highest BCUT2D eigenvalue weighted by atomic mass is 16.1. The van der Waals surface area contributed by atoms with E-state index in [9.17, 15) is 4.79 Å². The number of anilines is 2. The number of amides is 1. The van der Waals surface area contributed by atoms with E-state index in [1.165, 1.54) is 12.8 Å². The van der Waals surface area contributed by atoms with E-state index in [4.69, 9.17) is 0 Å². The molecule has 5 heteroatoms. The van der Waals surface area contributed by atoms with E-state index in [1.54, 1.807) is 12.4 Å². The molecule has 5 nitrogen and oxygen atoms in total. The van der Waals surface area contributed by atoms with Gasteiger partial charge in [0.15, 0.2) is 0 Å². The molecular weight excluding hydrogens is 264 g/mol. The van der Waals surface area contributed by atoms with Gasteiger partial charge in [-0.05, 0) is 43.8 Å². The molecule has 0 radical (unpaired) electrons. The lowest BCUT2D eigenvalue weighted by Crippen LogP contribution is -2.34. The molecule has 1 aromatic rings. The molecule has 2 unspecified atom stereocenters. The molecule has 116 valence electrons. The first-order chi connectivity index (χ1) is 10.1. The molecule has 21 heavy (non-hydrogen) atoms. The first-order valence-corrected chi connectivity index (χ1v) is 7.70. The van der Waals surface area contributed by atoms with Gasteiger partial charge in [-0.2, -0.15) is 0 Å². The summed E-state index contributed by atoms with van der Waals surface area (Å²) < 4.78 is 0. The second kappa shape index (κ2) is 7.41. The second-order valence-electron chi connectivity index (χ2n) is 6.12. The van der Waals surface area contributed by atoms with Gasteiger partial charge in [-0.3, -0.25) is 9.78 Å². The second-order valence-corrected chi connectivity index (χ2v) is 6.12. The van der Waals surface area contributed by atoms with Crippen LogP contribution in [0, 0.1) is 11.8 Å². The number of carbonyl (C=O) groups is 1. The zero-order chi connectivity index (χ0) is 15.2. The predicted molar refractivity (Wildman–Crippen MR) is 86.6 cm³/mol. The molecule has 0 aromatic carbocycles. The monoisotopic (exact) mass is 290 g/mol. The van der Waals surface area contributed by atoms with Crippen molar-refractivity contribution in [3.05, 3.63) is 18.5 Å². The van der Waals surface area contributed by atoms with Crippen LogP contribution in [0.1, 0.15) is 26.2 Å². The van der Waals surface area contributed by atoms with E-state index in [0.29, 0.717) is 18.3 Å². The molecule has 1 saturated heterocycles. The summed E-state index contributed by atoms with van der Waals surface area (Å²) in [6, 6.07) is 1.91. The van der Waals surface area contributed by atoms with Crippen LogP contribution in [-0.4, -0.2) is 38.1 Å². The Bertz CT molecular complexity index is 469. The lowest BCUT2D eigenvalue weighted by molar-refractivity contribution is -0.117. The summed E-state index contributed by atoms with van der Waals surface area (Å²) in [5, 5.41) is 6.41. The summed E-state index contributed by atoms with van der Waals surface area (Å²) in [7, 11) is 3.92. The number of rotatable bonds is 5. The molecule has 1 fully saturated rings. The van der Waals surface area contributed by atoms with Gasteiger partial charge < -0.3 is 15.5 Å². The van der Waals surface area contributed by atoms with Crippen molar-refractivity contribution in [2.75, 3.05) is 37.4 Å².